The van der Waals surface area contributed by atoms with Crippen molar-refractivity contribution >= 4 is 28.2 Å². The van der Waals surface area contributed by atoms with Crippen LogP contribution in [0.15, 0.2) is 72.3 Å². The summed E-state index contributed by atoms with van der Waals surface area (Å²) >= 11 is 0. The maximum absolute atomic E-state index is 13.2. The molecule has 0 spiro atoms. The van der Waals surface area contributed by atoms with Gasteiger partial charge in [0.2, 0.25) is 5.78 Å². The molecule has 0 radical (unpaired) electrons. The SMILES string of the molecule is Fc1c(F)c(F)c([B-](F)(F)F)c(F)c1F.N#CC(C#N)=CC[S+](=O)(C#Cc1ccccc1)CC(=O)c1ccccc1. The van der Waals surface area contributed by atoms with Crippen LogP contribution in [0.25, 0.3) is 0 Å². The van der Waals surface area contributed by atoms with E-state index >= 15 is 0 Å². The Bertz CT molecular complexity index is 1610. The Hall–Kier alpha value is -4.74. The van der Waals surface area contributed by atoms with Crippen LogP contribution in [0, 0.1) is 62.9 Å². The summed E-state index contributed by atoms with van der Waals surface area (Å²) in [5.41, 5.74) is -1.75. The Morgan fingerprint density at radius 3 is 1.71 bits per heavy atom. The number of hydrogen-bond donors (Lipinski definition) is 0. The number of rotatable bonds is 6. The Labute approximate surface area is 230 Å². The van der Waals surface area contributed by atoms with E-state index in [9.17, 15) is 43.9 Å². The minimum atomic E-state index is -6.30. The number of hydrogen-bond acceptors (Lipinski definition) is 4. The number of benzene rings is 3. The van der Waals surface area contributed by atoms with Gasteiger partial charge in [0.25, 0.3) is 0 Å². The summed E-state index contributed by atoms with van der Waals surface area (Å²) < 4.78 is 111. The van der Waals surface area contributed by atoms with Crippen molar-refractivity contribution in [1.82, 2.24) is 0 Å². The van der Waals surface area contributed by atoms with Crippen LogP contribution < -0.4 is 5.46 Å². The summed E-state index contributed by atoms with van der Waals surface area (Å²) in [6.45, 7) is -6.30. The first-order valence-corrected chi connectivity index (χ1v) is 13.0. The predicted octanol–water partition coefficient (Wildman–Crippen LogP) is 5.79. The molecule has 0 bridgehead atoms. The third-order valence-electron chi connectivity index (χ3n) is 4.98. The molecule has 0 saturated carbocycles. The average molecular weight is 594 g/mol. The Morgan fingerprint density at radius 2 is 1.24 bits per heavy atom. The van der Waals surface area contributed by atoms with Crippen LogP contribution in [-0.2, 0) is 14.1 Å². The van der Waals surface area contributed by atoms with Gasteiger partial charge in [-0.1, -0.05) is 52.7 Å². The van der Waals surface area contributed by atoms with E-state index in [1.165, 1.54) is 6.08 Å². The molecule has 0 saturated heterocycles. The van der Waals surface area contributed by atoms with Gasteiger partial charge in [-0.15, -0.1) is 0 Å². The topological polar surface area (TPSA) is 81.7 Å². The summed E-state index contributed by atoms with van der Waals surface area (Å²) in [6.07, 6.45) is 1.28. The molecule has 0 amide bonds. The van der Waals surface area contributed by atoms with E-state index in [0.717, 1.165) is 0 Å². The molecule has 14 heteroatoms. The number of allylic oxidation sites excluding steroid dienone is 1. The lowest BCUT2D eigenvalue weighted by molar-refractivity contribution is 0.102. The summed E-state index contributed by atoms with van der Waals surface area (Å²) in [6, 6.07) is 21.0. The van der Waals surface area contributed by atoms with Crippen LogP contribution in [0.1, 0.15) is 15.9 Å². The van der Waals surface area contributed by atoms with E-state index in [1.807, 2.05) is 18.2 Å². The second-order valence-corrected chi connectivity index (χ2v) is 10.4. The van der Waals surface area contributed by atoms with E-state index in [4.69, 9.17) is 10.5 Å². The molecule has 0 heterocycles. The number of halogens is 8. The lowest BCUT2D eigenvalue weighted by Crippen LogP contribution is -2.41. The van der Waals surface area contributed by atoms with Crippen LogP contribution in [0.2, 0.25) is 0 Å². The zero-order valence-corrected chi connectivity index (χ0v) is 21.3. The standard InChI is InChI=1S/C21H15N2O2S.C6BF8/c22-15-19(16-23)12-14-26(25,13-11-18-7-3-1-4-8-18)17-21(24)20-9-5-2-6-10-20;8-2-1(7(13,14)15)3(9)5(11)6(12)4(2)10/h1-10,12H,14,17H2;/q+1;-1. The molecular formula is C27H15BF8N2O2S. The minimum absolute atomic E-state index is 0.123. The molecule has 1 atom stereocenters. The van der Waals surface area contributed by atoms with Crippen molar-refractivity contribution in [1.29, 1.82) is 10.5 Å². The quantitative estimate of drug-likeness (QED) is 0.0529. The first kappa shape index (κ1) is 32.5. The number of nitriles is 2. The summed E-state index contributed by atoms with van der Waals surface area (Å²) in [7, 11) is -2.94. The fourth-order valence-electron chi connectivity index (χ4n) is 2.97. The fraction of sp³-hybridized carbons (Fsp3) is 0.0741. The van der Waals surface area contributed by atoms with E-state index in [1.54, 1.807) is 54.6 Å². The van der Waals surface area contributed by atoms with Gasteiger partial charge in [0.05, 0.1) is 0 Å². The van der Waals surface area contributed by atoms with Crippen molar-refractivity contribution in [2.75, 3.05) is 11.5 Å². The molecule has 3 aromatic carbocycles. The average Bonchev–Trinajstić information content (AvgIpc) is 2.95. The highest BCUT2D eigenvalue weighted by Gasteiger charge is 2.38. The van der Waals surface area contributed by atoms with Gasteiger partial charge < -0.3 is 12.9 Å². The molecule has 210 valence electrons. The molecule has 0 aliphatic carbocycles. The van der Waals surface area contributed by atoms with Gasteiger partial charge in [0.1, 0.15) is 35.1 Å². The van der Waals surface area contributed by atoms with Crippen molar-refractivity contribution in [2.45, 2.75) is 0 Å². The molecule has 3 rings (SSSR count). The molecule has 0 aromatic heterocycles. The van der Waals surface area contributed by atoms with Crippen LogP contribution in [0.5, 0.6) is 0 Å². The summed E-state index contributed by atoms with van der Waals surface area (Å²) in [5.74, 6) is -11.4. The van der Waals surface area contributed by atoms with Gasteiger partial charge in [0.15, 0.2) is 38.4 Å². The van der Waals surface area contributed by atoms with Crippen LogP contribution in [0.3, 0.4) is 0 Å². The maximum atomic E-state index is 13.2. The molecule has 0 N–H and O–H groups in total. The molecule has 4 nitrogen and oxygen atoms in total. The monoisotopic (exact) mass is 594 g/mol. The normalized spacial score (nSPS) is 11.8. The number of carbonyl (C=O) groups excluding carboxylic acids is 1. The smallest absolute Gasteiger partial charge is 0.445 e. The van der Waals surface area contributed by atoms with Gasteiger partial charge in [-0.3, -0.25) is 4.79 Å². The number of carbonyl (C=O) groups is 1. The van der Waals surface area contributed by atoms with E-state index in [2.05, 4.69) is 11.2 Å². The van der Waals surface area contributed by atoms with Crippen molar-refractivity contribution in [3.8, 4) is 23.3 Å². The van der Waals surface area contributed by atoms with Crippen LogP contribution in [-0.4, -0.2) is 24.3 Å². The van der Waals surface area contributed by atoms with Gasteiger partial charge in [0, 0.05) is 11.1 Å². The Balaban J connectivity index is 0.000000333. The lowest BCUT2D eigenvalue weighted by atomic mass is 9.79. The number of ketones is 1. The van der Waals surface area contributed by atoms with Crippen LogP contribution >= 0.6 is 0 Å². The van der Waals surface area contributed by atoms with Gasteiger partial charge in [-0.25, -0.2) is 22.0 Å². The van der Waals surface area contributed by atoms with E-state index in [0.29, 0.717) is 11.1 Å². The molecular weight excluding hydrogens is 579 g/mol. The second-order valence-electron chi connectivity index (χ2n) is 7.90. The van der Waals surface area contributed by atoms with Crippen molar-refractivity contribution in [2.24, 2.45) is 0 Å². The van der Waals surface area contributed by atoms with Gasteiger partial charge in [-0.05, 0) is 29.6 Å². The Morgan fingerprint density at radius 1 is 0.780 bits per heavy atom. The molecule has 1 unspecified atom stereocenters. The van der Waals surface area contributed by atoms with E-state index < -0.39 is 51.5 Å². The van der Waals surface area contributed by atoms with Gasteiger partial charge in [-0.2, -0.15) is 10.5 Å². The number of Topliss-reactive ketones (excluding diaryl/α,β-unsaturated/α-hetero) is 1. The van der Waals surface area contributed by atoms with Crippen molar-refractivity contribution in [3.05, 3.63) is 113 Å². The van der Waals surface area contributed by atoms with Crippen molar-refractivity contribution < 1.29 is 43.9 Å². The number of nitrogens with zero attached hydrogens (tertiary/aromatic N) is 2. The van der Waals surface area contributed by atoms with Crippen LogP contribution in [0.4, 0.5) is 34.9 Å². The maximum Gasteiger partial charge on any atom is 0.515 e. The molecule has 0 aliphatic heterocycles. The zero-order valence-electron chi connectivity index (χ0n) is 20.5. The second kappa shape index (κ2) is 14.1. The first-order valence-electron chi connectivity index (χ1n) is 11.1. The molecule has 0 fully saturated rings. The summed E-state index contributed by atoms with van der Waals surface area (Å²) in [4.78, 5) is 12.5. The fourth-order valence-corrected chi connectivity index (χ4v) is 4.58. The van der Waals surface area contributed by atoms with E-state index in [-0.39, 0.29) is 22.9 Å². The third kappa shape index (κ3) is 8.89. The lowest BCUT2D eigenvalue weighted by Gasteiger charge is -2.17. The van der Waals surface area contributed by atoms with Gasteiger partial charge >= 0.3 is 6.98 Å². The highest BCUT2D eigenvalue weighted by atomic mass is 32.2. The Kier molecular flexibility index (Phi) is 11.1. The zero-order chi connectivity index (χ0) is 30.8. The summed E-state index contributed by atoms with van der Waals surface area (Å²) in [5, 5.41) is 20.4. The highest BCUT2D eigenvalue weighted by Crippen LogP contribution is 2.21. The van der Waals surface area contributed by atoms with Crippen molar-refractivity contribution in [3.63, 3.8) is 0 Å². The minimum Gasteiger partial charge on any atom is -0.445 e. The largest absolute Gasteiger partial charge is 0.515 e. The first-order chi connectivity index (χ1) is 19.2. The predicted molar refractivity (Wildman–Crippen MR) is 136 cm³/mol. The molecule has 0 aliphatic rings. The molecule has 3 aromatic rings. The molecule has 41 heavy (non-hydrogen) atoms. The highest BCUT2D eigenvalue weighted by molar-refractivity contribution is 8.08. The third-order valence-corrected chi connectivity index (χ3v) is 6.89.